The van der Waals surface area contributed by atoms with E-state index < -0.39 is 0 Å². The van der Waals surface area contributed by atoms with E-state index in [4.69, 9.17) is 15.3 Å². The van der Waals surface area contributed by atoms with Crippen LogP contribution in [0.1, 0.15) is 34.1 Å². The van der Waals surface area contributed by atoms with Gasteiger partial charge in [0.25, 0.3) is 0 Å². The predicted molar refractivity (Wildman–Crippen MR) is 99.9 cm³/mol. The monoisotopic (exact) mass is 406 g/mol. The van der Waals surface area contributed by atoms with E-state index in [9.17, 15) is 0 Å². The molecule has 128 valence electrons. The Hall–Kier alpha value is -2.93. The molecule has 2 aromatic carbocycles. The van der Waals surface area contributed by atoms with E-state index in [1.54, 1.807) is 30.7 Å². The van der Waals surface area contributed by atoms with E-state index in [1.165, 1.54) is 0 Å². The Morgan fingerprint density at radius 3 is 2.50 bits per heavy atom. The summed E-state index contributed by atoms with van der Waals surface area (Å²) in [5.74, 6) is 0. The van der Waals surface area contributed by atoms with E-state index >= 15 is 0 Å². The maximum absolute atomic E-state index is 9.12. The number of nitrogens with zero attached hydrogens (tertiary/aromatic N) is 4. The lowest BCUT2D eigenvalue weighted by atomic mass is 10.0. The molecule has 0 N–H and O–H groups in total. The Balaban J connectivity index is 1.89. The first kappa shape index (κ1) is 17.9. The number of imidazole rings is 1. The van der Waals surface area contributed by atoms with Gasteiger partial charge < -0.3 is 9.30 Å². The highest BCUT2D eigenvalue weighted by atomic mass is 79.9. The predicted octanol–water partition coefficient (Wildman–Crippen LogP) is 4.23. The van der Waals surface area contributed by atoms with Crippen molar-refractivity contribution in [3.05, 3.63) is 87.4 Å². The summed E-state index contributed by atoms with van der Waals surface area (Å²) in [7, 11) is 1.92. The average molecular weight is 407 g/mol. The molecule has 5 nitrogen and oxygen atoms in total. The SMILES string of the molecule is Cn1cncc1C(OCc1ccc(C#N)cc1)c1ccc(C#N)c(Br)c1. The fourth-order valence-corrected chi connectivity index (χ4v) is 3.10. The third-order valence-electron chi connectivity index (χ3n) is 4.04. The van der Waals surface area contributed by atoms with Crippen molar-refractivity contribution in [1.82, 2.24) is 9.55 Å². The first-order valence-electron chi connectivity index (χ1n) is 7.88. The molecule has 0 aliphatic carbocycles. The molecule has 0 radical (unpaired) electrons. The molecule has 0 saturated heterocycles. The van der Waals surface area contributed by atoms with Crippen LogP contribution in [0.25, 0.3) is 0 Å². The molecule has 26 heavy (non-hydrogen) atoms. The highest BCUT2D eigenvalue weighted by molar-refractivity contribution is 9.10. The Kier molecular flexibility index (Phi) is 5.48. The fraction of sp³-hybridized carbons (Fsp3) is 0.150. The summed E-state index contributed by atoms with van der Waals surface area (Å²) in [4.78, 5) is 4.18. The topological polar surface area (TPSA) is 74.6 Å². The minimum atomic E-state index is -0.331. The molecule has 6 heteroatoms. The van der Waals surface area contributed by atoms with Gasteiger partial charge in [0.2, 0.25) is 0 Å². The van der Waals surface area contributed by atoms with Gasteiger partial charge in [-0.3, -0.25) is 0 Å². The van der Waals surface area contributed by atoms with Gasteiger partial charge in [-0.05, 0) is 51.3 Å². The Morgan fingerprint density at radius 2 is 1.92 bits per heavy atom. The number of halogens is 1. The zero-order valence-corrected chi connectivity index (χ0v) is 15.6. The van der Waals surface area contributed by atoms with E-state index in [0.717, 1.165) is 21.3 Å². The van der Waals surface area contributed by atoms with E-state index in [2.05, 4.69) is 33.1 Å². The molecule has 0 aliphatic heterocycles. The molecular formula is C20H15BrN4O. The highest BCUT2D eigenvalue weighted by Crippen LogP contribution is 2.30. The van der Waals surface area contributed by atoms with E-state index in [0.29, 0.717) is 17.7 Å². The number of benzene rings is 2. The molecule has 1 atom stereocenters. The van der Waals surface area contributed by atoms with Crippen molar-refractivity contribution in [2.45, 2.75) is 12.7 Å². The molecule has 0 amide bonds. The lowest BCUT2D eigenvalue weighted by Gasteiger charge is -2.19. The number of hydrogen-bond donors (Lipinski definition) is 0. The first-order valence-corrected chi connectivity index (χ1v) is 8.68. The molecular weight excluding hydrogens is 392 g/mol. The molecule has 0 spiro atoms. The van der Waals surface area contributed by atoms with Gasteiger partial charge in [0.1, 0.15) is 12.2 Å². The van der Waals surface area contributed by atoms with Gasteiger partial charge in [0.15, 0.2) is 0 Å². The van der Waals surface area contributed by atoms with E-state index in [-0.39, 0.29) is 6.10 Å². The zero-order chi connectivity index (χ0) is 18.5. The van der Waals surface area contributed by atoms with Gasteiger partial charge in [-0.1, -0.05) is 18.2 Å². The van der Waals surface area contributed by atoms with Crippen molar-refractivity contribution in [3.8, 4) is 12.1 Å². The second-order valence-electron chi connectivity index (χ2n) is 5.78. The van der Waals surface area contributed by atoms with Crippen LogP contribution >= 0.6 is 15.9 Å². The normalized spacial score (nSPS) is 11.5. The average Bonchev–Trinajstić information content (AvgIpc) is 3.08. The van der Waals surface area contributed by atoms with Gasteiger partial charge in [-0.2, -0.15) is 10.5 Å². The summed E-state index contributed by atoms with van der Waals surface area (Å²) >= 11 is 3.44. The lowest BCUT2D eigenvalue weighted by Crippen LogP contribution is -2.10. The second-order valence-corrected chi connectivity index (χ2v) is 6.63. The maximum atomic E-state index is 9.12. The van der Waals surface area contributed by atoms with E-state index in [1.807, 2.05) is 35.9 Å². The third kappa shape index (κ3) is 3.83. The smallest absolute Gasteiger partial charge is 0.125 e. The van der Waals surface area contributed by atoms with Crippen LogP contribution in [-0.2, 0) is 18.4 Å². The van der Waals surface area contributed by atoms with Crippen molar-refractivity contribution in [2.24, 2.45) is 7.05 Å². The quantitative estimate of drug-likeness (QED) is 0.634. The van der Waals surface area contributed by atoms with Crippen LogP contribution < -0.4 is 0 Å². The molecule has 3 aromatic rings. The highest BCUT2D eigenvalue weighted by Gasteiger charge is 2.19. The van der Waals surface area contributed by atoms with Crippen molar-refractivity contribution < 1.29 is 4.74 Å². The van der Waals surface area contributed by atoms with Crippen LogP contribution in [0.5, 0.6) is 0 Å². The number of aryl methyl sites for hydroxylation is 1. The molecule has 0 saturated carbocycles. The Morgan fingerprint density at radius 1 is 1.15 bits per heavy atom. The summed E-state index contributed by atoms with van der Waals surface area (Å²) < 4.78 is 8.83. The minimum Gasteiger partial charge on any atom is -0.363 e. The summed E-state index contributed by atoms with van der Waals surface area (Å²) in [5.41, 5.74) is 4.00. The number of rotatable bonds is 5. The molecule has 1 aromatic heterocycles. The number of hydrogen-bond acceptors (Lipinski definition) is 4. The number of nitriles is 2. The molecule has 3 rings (SSSR count). The standard InChI is InChI=1S/C20H15BrN4O/c1-25-13-24-11-19(25)20(16-6-7-17(10-23)18(21)8-16)26-12-15-4-2-14(9-22)3-5-15/h2-8,11,13,20H,12H2,1H3. The largest absolute Gasteiger partial charge is 0.363 e. The zero-order valence-electron chi connectivity index (χ0n) is 14.1. The summed E-state index contributed by atoms with van der Waals surface area (Å²) in [6, 6.07) is 17.1. The molecule has 1 heterocycles. The van der Waals surface area contributed by atoms with Crippen LogP contribution in [0, 0.1) is 22.7 Å². The molecule has 1 unspecified atom stereocenters. The lowest BCUT2D eigenvalue weighted by molar-refractivity contribution is 0.0621. The third-order valence-corrected chi connectivity index (χ3v) is 4.69. The van der Waals surface area contributed by atoms with Crippen LogP contribution in [0.15, 0.2) is 59.5 Å². The Labute approximate surface area is 160 Å². The fourth-order valence-electron chi connectivity index (χ4n) is 2.61. The summed E-state index contributed by atoms with van der Waals surface area (Å²) in [6.07, 6.45) is 3.17. The van der Waals surface area contributed by atoms with Crippen LogP contribution in [0.4, 0.5) is 0 Å². The van der Waals surface area contributed by atoms with Gasteiger partial charge in [0, 0.05) is 11.5 Å². The van der Waals surface area contributed by atoms with Crippen molar-refractivity contribution in [1.29, 1.82) is 10.5 Å². The van der Waals surface area contributed by atoms with Gasteiger partial charge in [0.05, 0.1) is 42.0 Å². The minimum absolute atomic E-state index is 0.331. The van der Waals surface area contributed by atoms with Crippen molar-refractivity contribution in [3.63, 3.8) is 0 Å². The molecule has 0 fully saturated rings. The van der Waals surface area contributed by atoms with Crippen LogP contribution in [0.3, 0.4) is 0 Å². The number of ether oxygens (including phenoxy) is 1. The van der Waals surface area contributed by atoms with Crippen LogP contribution in [0.2, 0.25) is 0 Å². The first-order chi connectivity index (χ1) is 12.6. The molecule has 0 bridgehead atoms. The summed E-state index contributed by atoms with van der Waals surface area (Å²) in [6.45, 7) is 0.388. The van der Waals surface area contributed by atoms with Crippen molar-refractivity contribution >= 4 is 15.9 Å². The van der Waals surface area contributed by atoms with Crippen LogP contribution in [-0.4, -0.2) is 9.55 Å². The maximum Gasteiger partial charge on any atom is 0.125 e. The van der Waals surface area contributed by atoms with Crippen molar-refractivity contribution in [2.75, 3.05) is 0 Å². The summed E-state index contributed by atoms with van der Waals surface area (Å²) in [5, 5.41) is 18.0. The van der Waals surface area contributed by atoms with Gasteiger partial charge in [-0.15, -0.1) is 0 Å². The number of aromatic nitrogens is 2. The second kappa shape index (κ2) is 7.97. The molecule has 0 aliphatic rings. The van der Waals surface area contributed by atoms with Gasteiger partial charge >= 0.3 is 0 Å². The Bertz CT molecular complexity index is 996. The van der Waals surface area contributed by atoms with Gasteiger partial charge in [-0.25, -0.2) is 4.98 Å².